The Morgan fingerprint density at radius 3 is 2.40 bits per heavy atom. The number of esters is 1. The van der Waals surface area contributed by atoms with Crippen LogP contribution in [0.1, 0.15) is 53.9 Å². The van der Waals surface area contributed by atoms with Gasteiger partial charge in [0.15, 0.2) is 0 Å². The normalized spacial score (nSPS) is 13.8. The highest BCUT2D eigenvalue weighted by Gasteiger charge is 2.35. The number of carbonyl (C=O) groups excluding carboxylic acids is 1. The van der Waals surface area contributed by atoms with Crippen molar-refractivity contribution in [1.29, 1.82) is 0 Å². The number of nitrogens with zero attached hydrogens (tertiary/aromatic N) is 5. The van der Waals surface area contributed by atoms with Gasteiger partial charge in [0.2, 0.25) is 5.95 Å². The van der Waals surface area contributed by atoms with Crippen LogP contribution in [-0.4, -0.2) is 61.7 Å². The summed E-state index contributed by atoms with van der Waals surface area (Å²) in [5.74, 6) is 4.51. The van der Waals surface area contributed by atoms with E-state index in [-0.39, 0.29) is 36.3 Å². The molecule has 208 valence electrons. The summed E-state index contributed by atoms with van der Waals surface area (Å²) in [6.45, 7) is 2.74. The average Bonchev–Trinajstić information content (AvgIpc) is 2.92. The van der Waals surface area contributed by atoms with Gasteiger partial charge in [0, 0.05) is 37.4 Å². The summed E-state index contributed by atoms with van der Waals surface area (Å²) in [4.78, 5) is 40.2. The molecule has 0 bridgehead atoms. The molecule has 0 radical (unpaired) electrons. The Hall–Kier alpha value is -4.73. The number of carboxylic acid groups (broad SMARTS) is 1. The van der Waals surface area contributed by atoms with E-state index in [1.165, 1.54) is 17.3 Å². The lowest BCUT2D eigenvalue weighted by molar-refractivity contribution is -0.142. The third-order valence-corrected chi connectivity index (χ3v) is 6.19. The Balaban J connectivity index is 1.54. The molecule has 0 saturated carbocycles. The maximum absolute atomic E-state index is 13.7. The maximum atomic E-state index is 13.7. The Labute approximate surface area is 227 Å². The maximum Gasteiger partial charge on any atom is 0.420 e. The molecule has 40 heavy (non-hydrogen) atoms. The number of anilines is 2. The fraction of sp³-hybridized carbons (Fsp3) is 0.333. The standard InChI is InChI=1S/C27H25F3N6O4/c1-2-40-24(37)15-23-22(31-11-12-32-23)8-7-21-20(27(28,29)30)16-33-25(35-21)34-19-5-3-17(4-6-19)18-9-13-36(14-10-18)26(38)39/h3-6,11-12,16,18H,2,9-10,13-15H2,1H3,(H,38,39)(H,33,34,35). The highest BCUT2D eigenvalue weighted by atomic mass is 19.4. The van der Waals surface area contributed by atoms with Gasteiger partial charge < -0.3 is 20.1 Å². The lowest BCUT2D eigenvalue weighted by atomic mass is 9.89. The summed E-state index contributed by atoms with van der Waals surface area (Å²) < 4.78 is 45.9. The number of hydrogen-bond donors (Lipinski definition) is 2. The van der Waals surface area contributed by atoms with E-state index in [2.05, 4.69) is 37.1 Å². The van der Waals surface area contributed by atoms with E-state index in [9.17, 15) is 22.8 Å². The average molecular weight is 555 g/mol. The van der Waals surface area contributed by atoms with E-state index in [1.54, 1.807) is 19.1 Å². The fourth-order valence-corrected chi connectivity index (χ4v) is 4.18. The van der Waals surface area contributed by atoms with E-state index >= 15 is 0 Å². The van der Waals surface area contributed by atoms with E-state index in [4.69, 9.17) is 9.84 Å². The molecule has 1 aliphatic heterocycles. The second-order valence-corrected chi connectivity index (χ2v) is 8.83. The van der Waals surface area contributed by atoms with Gasteiger partial charge in [-0.2, -0.15) is 13.2 Å². The van der Waals surface area contributed by atoms with Crippen molar-refractivity contribution < 1.29 is 32.6 Å². The summed E-state index contributed by atoms with van der Waals surface area (Å²) in [6, 6.07) is 7.28. The predicted molar refractivity (Wildman–Crippen MR) is 137 cm³/mol. The number of benzene rings is 1. The second-order valence-electron chi connectivity index (χ2n) is 8.83. The molecule has 1 amide bonds. The first kappa shape index (κ1) is 28.3. The van der Waals surface area contributed by atoms with E-state index in [0.717, 1.165) is 5.56 Å². The number of rotatable bonds is 6. The highest BCUT2D eigenvalue weighted by Crippen LogP contribution is 2.32. The topological polar surface area (TPSA) is 130 Å². The van der Waals surface area contributed by atoms with Gasteiger partial charge in [0.05, 0.1) is 18.7 Å². The third kappa shape index (κ3) is 7.22. The van der Waals surface area contributed by atoms with Crippen molar-refractivity contribution in [3.05, 3.63) is 71.1 Å². The summed E-state index contributed by atoms with van der Waals surface area (Å²) >= 11 is 0. The van der Waals surface area contributed by atoms with E-state index in [1.807, 2.05) is 12.1 Å². The van der Waals surface area contributed by atoms with Gasteiger partial charge in [-0.05, 0) is 55.2 Å². The van der Waals surface area contributed by atoms with Crippen LogP contribution in [0.3, 0.4) is 0 Å². The number of aromatic nitrogens is 4. The van der Waals surface area contributed by atoms with Crippen molar-refractivity contribution >= 4 is 23.7 Å². The molecular weight excluding hydrogens is 529 g/mol. The Bertz CT molecular complexity index is 1430. The van der Waals surface area contributed by atoms with Crippen molar-refractivity contribution in [2.75, 3.05) is 25.0 Å². The number of halogens is 3. The number of hydrogen-bond acceptors (Lipinski definition) is 8. The number of likely N-dealkylation sites (tertiary alicyclic amines) is 1. The molecule has 13 heteroatoms. The lowest BCUT2D eigenvalue weighted by Crippen LogP contribution is -2.36. The molecule has 2 N–H and O–H groups in total. The molecule has 1 aromatic carbocycles. The minimum Gasteiger partial charge on any atom is -0.466 e. The number of piperidine rings is 1. The second kappa shape index (κ2) is 12.4. The van der Waals surface area contributed by atoms with Crippen LogP contribution in [0.15, 0.2) is 42.9 Å². The fourth-order valence-electron chi connectivity index (χ4n) is 4.18. The van der Waals surface area contributed by atoms with Gasteiger partial charge in [0.1, 0.15) is 17.0 Å². The van der Waals surface area contributed by atoms with Gasteiger partial charge in [0.25, 0.3) is 0 Å². The van der Waals surface area contributed by atoms with Gasteiger partial charge >= 0.3 is 18.2 Å². The molecule has 0 aliphatic carbocycles. The van der Waals surface area contributed by atoms with Crippen molar-refractivity contribution in [3.63, 3.8) is 0 Å². The zero-order chi connectivity index (χ0) is 28.7. The third-order valence-electron chi connectivity index (χ3n) is 6.19. The quantitative estimate of drug-likeness (QED) is 0.336. The van der Waals surface area contributed by atoms with Crippen LogP contribution in [0, 0.1) is 11.8 Å². The molecule has 4 rings (SSSR count). The zero-order valence-electron chi connectivity index (χ0n) is 21.4. The Morgan fingerprint density at radius 2 is 1.75 bits per heavy atom. The van der Waals surface area contributed by atoms with Crippen molar-refractivity contribution in [2.24, 2.45) is 0 Å². The van der Waals surface area contributed by atoms with Crippen LogP contribution < -0.4 is 5.32 Å². The molecule has 10 nitrogen and oxygen atoms in total. The monoisotopic (exact) mass is 554 g/mol. The highest BCUT2D eigenvalue weighted by molar-refractivity contribution is 5.72. The van der Waals surface area contributed by atoms with Crippen molar-refractivity contribution in [1.82, 2.24) is 24.8 Å². The molecule has 2 aromatic heterocycles. The van der Waals surface area contributed by atoms with Gasteiger partial charge in [-0.1, -0.05) is 12.1 Å². The molecule has 1 saturated heterocycles. The smallest absolute Gasteiger partial charge is 0.420 e. The summed E-state index contributed by atoms with van der Waals surface area (Å²) in [5, 5.41) is 12.0. The Kier molecular flexibility index (Phi) is 8.78. The molecule has 1 fully saturated rings. The summed E-state index contributed by atoms with van der Waals surface area (Å²) in [6.07, 6.45) is -1.19. The van der Waals surface area contributed by atoms with Crippen LogP contribution in [0.2, 0.25) is 0 Å². The zero-order valence-corrected chi connectivity index (χ0v) is 21.4. The van der Waals surface area contributed by atoms with Crippen LogP contribution in [0.25, 0.3) is 0 Å². The van der Waals surface area contributed by atoms with Crippen LogP contribution in [0.4, 0.5) is 29.6 Å². The molecule has 0 atom stereocenters. The molecule has 0 spiro atoms. The molecule has 0 unspecified atom stereocenters. The summed E-state index contributed by atoms with van der Waals surface area (Å²) in [5.41, 5.74) is 0.0998. The van der Waals surface area contributed by atoms with Crippen LogP contribution >= 0.6 is 0 Å². The molecule has 3 heterocycles. The number of ether oxygens (including phenoxy) is 1. The van der Waals surface area contributed by atoms with Gasteiger partial charge in [-0.3, -0.25) is 9.78 Å². The Morgan fingerprint density at radius 1 is 1.07 bits per heavy atom. The van der Waals surface area contributed by atoms with Crippen molar-refractivity contribution in [3.8, 4) is 11.8 Å². The molecule has 1 aliphatic rings. The number of nitrogens with one attached hydrogen (secondary N) is 1. The minimum absolute atomic E-state index is 0.0292. The van der Waals surface area contributed by atoms with Gasteiger partial charge in [-0.25, -0.2) is 19.7 Å². The number of alkyl halides is 3. The largest absolute Gasteiger partial charge is 0.466 e. The number of amides is 1. The lowest BCUT2D eigenvalue weighted by Gasteiger charge is -2.30. The van der Waals surface area contributed by atoms with Gasteiger partial charge in [-0.15, -0.1) is 0 Å². The first-order valence-electron chi connectivity index (χ1n) is 12.4. The first-order chi connectivity index (χ1) is 19.1. The minimum atomic E-state index is -4.75. The van der Waals surface area contributed by atoms with Crippen LogP contribution in [0.5, 0.6) is 0 Å². The number of carbonyl (C=O) groups is 2. The van der Waals surface area contributed by atoms with Crippen LogP contribution in [-0.2, 0) is 22.1 Å². The summed E-state index contributed by atoms with van der Waals surface area (Å²) in [7, 11) is 0. The molecule has 3 aromatic rings. The first-order valence-corrected chi connectivity index (χ1v) is 12.4. The van der Waals surface area contributed by atoms with E-state index in [0.29, 0.717) is 37.8 Å². The van der Waals surface area contributed by atoms with Crippen molar-refractivity contribution in [2.45, 2.75) is 38.3 Å². The SMILES string of the molecule is CCOC(=O)Cc1nccnc1C#Cc1nc(Nc2ccc(C3CCN(C(=O)O)CC3)cc2)ncc1C(F)(F)F. The van der Waals surface area contributed by atoms with E-state index < -0.39 is 29.5 Å². The predicted octanol–water partition coefficient (Wildman–Crippen LogP) is 4.39. The molecular formula is C27H25F3N6O4.